The highest BCUT2D eigenvalue weighted by Crippen LogP contribution is 2.14. The van der Waals surface area contributed by atoms with Gasteiger partial charge in [0.05, 0.1) is 13.7 Å². The fourth-order valence-electron chi connectivity index (χ4n) is 2.84. The summed E-state index contributed by atoms with van der Waals surface area (Å²) in [5, 5.41) is 0. The number of nitrogens with zero attached hydrogens (tertiary/aromatic N) is 2. The molecule has 2 rings (SSSR count). The lowest BCUT2D eigenvalue weighted by Gasteiger charge is -2.20. The molecule has 1 aromatic carbocycles. The van der Waals surface area contributed by atoms with Gasteiger partial charge in [-0.15, -0.1) is 0 Å². The number of unbranched alkanes of at least 4 members (excludes halogenated alkanes) is 2. The molecule has 0 aliphatic rings. The van der Waals surface area contributed by atoms with Crippen LogP contribution in [0.2, 0.25) is 0 Å². The van der Waals surface area contributed by atoms with Crippen LogP contribution in [0.25, 0.3) is 0 Å². The smallest absolute Gasteiger partial charge is 0.360 e. The van der Waals surface area contributed by atoms with Gasteiger partial charge >= 0.3 is 5.97 Å². The van der Waals surface area contributed by atoms with E-state index in [0.717, 1.165) is 12.8 Å². The molecule has 6 heteroatoms. The van der Waals surface area contributed by atoms with E-state index in [1.807, 2.05) is 31.2 Å². The maximum absolute atomic E-state index is 12.9. The van der Waals surface area contributed by atoms with E-state index in [1.165, 1.54) is 38.2 Å². The van der Waals surface area contributed by atoms with Crippen LogP contribution < -0.4 is 0 Å². The molecular formula is C21H28N2O4. The van der Waals surface area contributed by atoms with Crippen LogP contribution in [-0.4, -0.2) is 35.4 Å². The van der Waals surface area contributed by atoms with E-state index in [0.29, 0.717) is 18.0 Å². The van der Waals surface area contributed by atoms with Gasteiger partial charge in [0.2, 0.25) is 5.89 Å². The summed E-state index contributed by atoms with van der Waals surface area (Å²) in [6.45, 7) is 4.98. The highest BCUT2D eigenvalue weighted by atomic mass is 16.5. The van der Waals surface area contributed by atoms with Crippen molar-refractivity contribution in [1.82, 2.24) is 9.88 Å². The Balaban J connectivity index is 2.05. The van der Waals surface area contributed by atoms with Crippen LogP contribution in [0.5, 0.6) is 0 Å². The van der Waals surface area contributed by atoms with Crippen molar-refractivity contribution < 1.29 is 18.7 Å². The molecule has 0 spiro atoms. The molecule has 1 heterocycles. The van der Waals surface area contributed by atoms with Gasteiger partial charge in [-0.1, -0.05) is 38.8 Å². The summed E-state index contributed by atoms with van der Waals surface area (Å²) in [6.07, 6.45) is 6.67. The van der Waals surface area contributed by atoms with Crippen LogP contribution in [0.3, 0.4) is 0 Å². The summed E-state index contributed by atoms with van der Waals surface area (Å²) in [4.78, 5) is 30.1. The number of carbonyl (C=O) groups is 2. The van der Waals surface area contributed by atoms with Gasteiger partial charge in [-0.05, 0) is 37.0 Å². The number of aryl methyl sites for hydroxylation is 1. The van der Waals surface area contributed by atoms with Crippen LogP contribution in [0.4, 0.5) is 0 Å². The molecule has 0 aliphatic heterocycles. The summed E-state index contributed by atoms with van der Waals surface area (Å²) in [6, 6.07) is 7.80. The van der Waals surface area contributed by atoms with Gasteiger partial charge in [-0.25, -0.2) is 9.78 Å². The highest BCUT2D eigenvalue weighted by Gasteiger charge is 2.19. The third kappa shape index (κ3) is 5.94. The Morgan fingerprint density at radius 2 is 1.85 bits per heavy atom. The number of amides is 1. The van der Waals surface area contributed by atoms with Crippen LogP contribution >= 0.6 is 0 Å². The number of hydrogen-bond donors (Lipinski definition) is 0. The fourth-order valence-corrected chi connectivity index (χ4v) is 2.84. The number of aromatic nitrogens is 1. The van der Waals surface area contributed by atoms with Gasteiger partial charge in [-0.2, -0.15) is 0 Å². The number of benzene rings is 1. The first-order valence-corrected chi connectivity index (χ1v) is 9.50. The summed E-state index contributed by atoms with van der Waals surface area (Å²) in [5.74, 6) is -0.319. The monoisotopic (exact) mass is 372 g/mol. The maximum atomic E-state index is 12.9. The second-order valence-electron chi connectivity index (χ2n) is 6.50. The van der Waals surface area contributed by atoms with E-state index in [9.17, 15) is 9.59 Å². The minimum Gasteiger partial charge on any atom is -0.464 e. The van der Waals surface area contributed by atoms with E-state index >= 15 is 0 Å². The quantitative estimate of drug-likeness (QED) is 0.460. The van der Waals surface area contributed by atoms with Gasteiger partial charge in [0.15, 0.2) is 5.69 Å². The minimum atomic E-state index is -0.558. The lowest BCUT2D eigenvalue weighted by molar-refractivity contribution is 0.0594. The van der Waals surface area contributed by atoms with Gasteiger partial charge in [-0.3, -0.25) is 4.79 Å². The second kappa shape index (κ2) is 10.5. The van der Waals surface area contributed by atoms with E-state index in [1.54, 1.807) is 4.90 Å². The van der Waals surface area contributed by atoms with Crippen molar-refractivity contribution in [1.29, 1.82) is 0 Å². The third-order valence-corrected chi connectivity index (χ3v) is 4.32. The zero-order valence-corrected chi connectivity index (χ0v) is 16.4. The molecule has 0 radical (unpaired) electrons. The minimum absolute atomic E-state index is 0.0743. The normalized spacial score (nSPS) is 10.6. The van der Waals surface area contributed by atoms with Crippen molar-refractivity contribution in [2.45, 2.75) is 52.5 Å². The number of ether oxygens (including phenoxy) is 1. The standard InChI is InChI=1S/C21H28N2O4/c1-4-6-7-8-16-9-11-17(12-10-16)20(24)23(13-5-2)14-19-22-18(15-27-19)21(25)26-3/h9-12,15H,4-8,13-14H2,1-3H3. The third-order valence-electron chi connectivity index (χ3n) is 4.32. The predicted molar refractivity (Wildman–Crippen MR) is 103 cm³/mol. The summed E-state index contributed by atoms with van der Waals surface area (Å²) in [5.41, 5.74) is 1.99. The fraction of sp³-hybridized carbons (Fsp3) is 0.476. The summed E-state index contributed by atoms with van der Waals surface area (Å²) >= 11 is 0. The van der Waals surface area contributed by atoms with Crippen LogP contribution in [0.1, 0.15) is 71.8 Å². The Morgan fingerprint density at radius 3 is 2.48 bits per heavy atom. The average molecular weight is 372 g/mol. The molecule has 0 fully saturated rings. The number of hydrogen-bond acceptors (Lipinski definition) is 5. The molecule has 146 valence electrons. The van der Waals surface area contributed by atoms with Gasteiger partial charge in [0.1, 0.15) is 6.26 Å². The van der Waals surface area contributed by atoms with Crippen molar-refractivity contribution >= 4 is 11.9 Å². The number of oxazole rings is 1. The van der Waals surface area contributed by atoms with Gasteiger partial charge in [0, 0.05) is 12.1 Å². The van der Waals surface area contributed by atoms with Gasteiger partial charge in [0.25, 0.3) is 5.91 Å². The van der Waals surface area contributed by atoms with Gasteiger partial charge < -0.3 is 14.1 Å². The first-order chi connectivity index (χ1) is 13.1. The SMILES string of the molecule is CCCCCc1ccc(C(=O)N(CCC)Cc2nc(C(=O)OC)co2)cc1. The number of carbonyl (C=O) groups excluding carboxylic acids is 2. The second-order valence-corrected chi connectivity index (χ2v) is 6.50. The van der Waals surface area contributed by atoms with Crippen LogP contribution in [0.15, 0.2) is 34.9 Å². The number of rotatable bonds is 10. The molecule has 0 N–H and O–H groups in total. The molecule has 27 heavy (non-hydrogen) atoms. The average Bonchev–Trinajstić information content (AvgIpc) is 3.16. The molecule has 0 aliphatic carbocycles. The molecule has 1 amide bonds. The molecule has 2 aromatic rings. The first kappa shape index (κ1) is 20.7. The molecule has 0 saturated heterocycles. The van der Waals surface area contributed by atoms with E-state index in [-0.39, 0.29) is 18.1 Å². The van der Waals surface area contributed by atoms with Crippen molar-refractivity contribution in [2.24, 2.45) is 0 Å². The topological polar surface area (TPSA) is 72.6 Å². The van der Waals surface area contributed by atoms with Crippen LogP contribution in [0, 0.1) is 0 Å². The Labute approximate surface area is 160 Å². The lowest BCUT2D eigenvalue weighted by Crippen LogP contribution is -2.31. The molecule has 0 unspecified atom stereocenters. The van der Waals surface area contributed by atoms with E-state index in [4.69, 9.17) is 4.42 Å². The molecule has 0 saturated carbocycles. The molecular weight excluding hydrogens is 344 g/mol. The van der Waals surface area contributed by atoms with Crippen LogP contribution in [-0.2, 0) is 17.7 Å². The Bertz CT molecular complexity index is 737. The number of methoxy groups -OCH3 is 1. The largest absolute Gasteiger partial charge is 0.464 e. The Kier molecular flexibility index (Phi) is 8.04. The molecule has 6 nitrogen and oxygen atoms in total. The molecule has 1 aromatic heterocycles. The van der Waals surface area contributed by atoms with Crippen molar-refractivity contribution in [3.05, 3.63) is 53.2 Å². The molecule has 0 bridgehead atoms. The Morgan fingerprint density at radius 1 is 1.11 bits per heavy atom. The molecule has 0 atom stereocenters. The highest BCUT2D eigenvalue weighted by molar-refractivity contribution is 5.94. The predicted octanol–water partition coefficient (Wildman–Crippen LogP) is 4.25. The first-order valence-electron chi connectivity index (χ1n) is 9.50. The maximum Gasteiger partial charge on any atom is 0.360 e. The Hall–Kier alpha value is -2.63. The summed E-state index contributed by atoms with van der Waals surface area (Å²) < 4.78 is 9.94. The zero-order valence-electron chi connectivity index (χ0n) is 16.4. The number of esters is 1. The zero-order chi connectivity index (χ0) is 19.6. The summed E-state index contributed by atoms with van der Waals surface area (Å²) in [7, 11) is 1.29. The lowest BCUT2D eigenvalue weighted by atomic mass is 10.0. The van der Waals surface area contributed by atoms with Crippen molar-refractivity contribution in [3.8, 4) is 0 Å². The van der Waals surface area contributed by atoms with E-state index < -0.39 is 5.97 Å². The van der Waals surface area contributed by atoms with E-state index in [2.05, 4.69) is 16.6 Å². The van der Waals surface area contributed by atoms with Crippen molar-refractivity contribution in [2.75, 3.05) is 13.7 Å². The van der Waals surface area contributed by atoms with Crippen molar-refractivity contribution in [3.63, 3.8) is 0 Å².